The van der Waals surface area contributed by atoms with E-state index in [4.69, 9.17) is 0 Å². The van der Waals surface area contributed by atoms with Gasteiger partial charge in [-0.2, -0.15) is 0 Å². The summed E-state index contributed by atoms with van der Waals surface area (Å²) in [5.41, 5.74) is 1.72. The molecule has 1 heterocycles. The van der Waals surface area contributed by atoms with Crippen molar-refractivity contribution in [2.75, 3.05) is 0 Å². The average Bonchev–Trinajstić information content (AvgIpc) is 2.59. The van der Waals surface area contributed by atoms with Crippen LogP contribution < -0.4 is 5.32 Å². The van der Waals surface area contributed by atoms with Gasteiger partial charge in [-0.05, 0) is 36.8 Å². The van der Waals surface area contributed by atoms with Crippen LogP contribution in [-0.2, 0) is 0 Å². The Labute approximate surface area is 98.5 Å². The third-order valence-electron chi connectivity index (χ3n) is 3.89. The summed E-state index contributed by atoms with van der Waals surface area (Å²) >= 11 is 0. The van der Waals surface area contributed by atoms with Crippen molar-refractivity contribution in [3.05, 3.63) is 30.1 Å². The zero-order chi connectivity index (χ0) is 11.6. The number of hydrogen-bond donors (Lipinski definition) is 1. The van der Waals surface area contributed by atoms with Crippen molar-refractivity contribution in [1.82, 2.24) is 10.3 Å². The van der Waals surface area contributed by atoms with Gasteiger partial charge in [0.2, 0.25) is 0 Å². The van der Waals surface area contributed by atoms with Crippen LogP contribution >= 0.6 is 0 Å². The van der Waals surface area contributed by atoms with Gasteiger partial charge in [-0.1, -0.05) is 26.3 Å². The Morgan fingerprint density at radius 3 is 2.88 bits per heavy atom. The van der Waals surface area contributed by atoms with E-state index in [0.717, 1.165) is 0 Å². The summed E-state index contributed by atoms with van der Waals surface area (Å²) in [6.45, 7) is 6.96. The number of hydrogen-bond acceptors (Lipinski definition) is 2. The first-order valence-corrected chi connectivity index (χ1v) is 6.25. The molecular formula is C14H22N2. The van der Waals surface area contributed by atoms with Gasteiger partial charge in [0.05, 0.1) is 0 Å². The van der Waals surface area contributed by atoms with Crippen molar-refractivity contribution >= 4 is 0 Å². The minimum Gasteiger partial charge on any atom is -0.307 e. The molecule has 1 aliphatic carbocycles. The highest BCUT2D eigenvalue weighted by Crippen LogP contribution is 2.38. The Bertz CT molecular complexity index is 332. The van der Waals surface area contributed by atoms with Gasteiger partial charge in [0.25, 0.3) is 0 Å². The molecule has 16 heavy (non-hydrogen) atoms. The SMILES string of the molecule is C[C@@H](NC1CCCC1(C)C)c1cccnc1. The second-order valence-electron chi connectivity index (χ2n) is 5.61. The van der Waals surface area contributed by atoms with Crippen LogP contribution in [0, 0.1) is 5.41 Å². The first-order chi connectivity index (χ1) is 7.59. The van der Waals surface area contributed by atoms with Crippen molar-refractivity contribution in [2.24, 2.45) is 5.41 Å². The number of nitrogens with one attached hydrogen (secondary N) is 1. The molecular weight excluding hydrogens is 196 g/mol. The highest BCUT2D eigenvalue weighted by Gasteiger charge is 2.34. The van der Waals surface area contributed by atoms with Gasteiger partial charge in [-0.15, -0.1) is 0 Å². The molecule has 0 radical (unpaired) electrons. The minimum atomic E-state index is 0.399. The van der Waals surface area contributed by atoms with E-state index in [2.05, 4.69) is 37.1 Å². The molecule has 2 nitrogen and oxygen atoms in total. The normalized spacial score (nSPS) is 25.6. The molecule has 2 atom stereocenters. The zero-order valence-electron chi connectivity index (χ0n) is 10.5. The summed E-state index contributed by atoms with van der Waals surface area (Å²) < 4.78 is 0. The molecule has 1 unspecified atom stereocenters. The lowest BCUT2D eigenvalue weighted by atomic mass is 9.87. The predicted molar refractivity (Wildman–Crippen MR) is 67.2 cm³/mol. The van der Waals surface area contributed by atoms with Crippen LogP contribution in [0.5, 0.6) is 0 Å². The minimum absolute atomic E-state index is 0.399. The van der Waals surface area contributed by atoms with Crippen LogP contribution in [0.15, 0.2) is 24.5 Å². The van der Waals surface area contributed by atoms with Crippen molar-refractivity contribution in [3.63, 3.8) is 0 Å². The molecule has 1 N–H and O–H groups in total. The van der Waals surface area contributed by atoms with Gasteiger partial charge in [-0.25, -0.2) is 0 Å². The van der Waals surface area contributed by atoms with E-state index in [0.29, 0.717) is 17.5 Å². The third-order valence-corrected chi connectivity index (χ3v) is 3.89. The summed E-state index contributed by atoms with van der Waals surface area (Å²) in [6.07, 6.45) is 7.78. The Morgan fingerprint density at radius 2 is 2.31 bits per heavy atom. The van der Waals surface area contributed by atoms with Crippen LogP contribution in [0.4, 0.5) is 0 Å². The Hall–Kier alpha value is -0.890. The molecule has 0 spiro atoms. The molecule has 1 fully saturated rings. The van der Waals surface area contributed by atoms with Gasteiger partial charge >= 0.3 is 0 Å². The highest BCUT2D eigenvalue weighted by molar-refractivity contribution is 5.13. The Balaban J connectivity index is 2.00. The van der Waals surface area contributed by atoms with E-state index in [-0.39, 0.29) is 0 Å². The van der Waals surface area contributed by atoms with Crippen molar-refractivity contribution in [3.8, 4) is 0 Å². The zero-order valence-corrected chi connectivity index (χ0v) is 10.5. The van der Waals surface area contributed by atoms with Crippen LogP contribution in [0.1, 0.15) is 51.6 Å². The van der Waals surface area contributed by atoms with Gasteiger partial charge in [0.15, 0.2) is 0 Å². The smallest absolute Gasteiger partial charge is 0.0315 e. The predicted octanol–water partition coefficient (Wildman–Crippen LogP) is 3.31. The molecule has 1 aromatic heterocycles. The van der Waals surface area contributed by atoms with Crippen molar-refractivity contribution in [2.45, 2.75) is 52.1 Å². The van der Waals surface area contributed by atoms with E-state index < -0.39 is 0 Å². The van der Waals surface area contributed by atoms with Crippen molar-refractivity contribution in [1.29, 1.82) is 0 Å². The first-order valence-electron chi connectivity index (χ1n) is 6.25. The molecule has 0 saturated heterocycles. The second-order valence-corrected chi connectivity index (χ2v) is 5.61. The van der Waals surface area contributed by atoms with Gasteiger partial charge in [0.1, 0.15) is 0 Å². The standard InChI is InChI=1S/C14H22N2/c1-11(12-6-5-9-15-10-12)16-13-7-4-8-14(13,2)3/h5-6,9-11,13,16H,4,7-8H2,1-3H3/t11-,13?/m1/s1. The lowest BCUT2D eigenvalue weighted by Gasteiger charge is -2.30. The van der Waals surface area contributed by atoms with Crippen LogP contribution in [0.25, 0.3) is 0 Å². The Kier molecular flexibility index (Phi) is 3.29. The molecule has 2 heteroatoms. The number of pyridine rings is 1. The van der Waals surface area contributed by atoms with E-state index in [1.165, 1.54) is 24.8 Å². The molecule has 1 aromatic rings. The molecule has 88 valence electrons. The fourth-order valence-electron chi connectivity index (χ4n) is 2.67. The molecule has 1 saturated carbocycles. The average molecular weight is 218 g/mol. The molecule has 0 bridgehead atoms. The maximum absolute atomic E-state index is 4.18. The van der Waals surface area contributed by atoms with Gasteiger partial charge in [0, 0.05) is 24.5 Å². The van der Waals surface area contributed by atoms with E-state index in [1.807, 2.05) is 18.5 Å². The van der Waals surface area contributed by atoms with E-state index in [1.54, 1.807) is 0 Å². The van der Waals surface area contributed by atoms with Crippen LogP contribution in [0.2, 0.25) is 0 Å². The van der Waals surface area contributed by atoms with E-state index in [9.17, 15) is 0 Å². The van der Waals surface area contributed by atoms with Crippen molar-refractivity contribution < 1.29 is 0 Å². The molecule has 2 rings (SSSR count). The highest BCUT2D eigenvalue weighted by atomic mass is 15.0. The number of rotatable bonds is 3. The van der Waals surface area contributed by atoms with Crippen LogP contribution in [0.3, 0.4) is 0 Å². The fraction of sp³-hybridized carbons (Fsp3) is 0.643. The number of aromatic nitrogens is 1. The summed E-state index contributed by atoms with van der Waals surface area (Å²) in [5.74, 6) is 0. The third kappa shape index (κ3) is 2.43. The molecule has 0 amide bonds. The summed E-state index contributed by atoms with van der Waals surface area (Å²) in [4.78, 5) is 4.18. The Morgan fingerprint density at radius 1 is 1.50 bits per heavy atom. The quantitative estimate of drug-likeness (QED) is 0.842. The lowest BCUT2D eigenvalue weighted by Crippen LogP contribution is -2.39. The topological polar surface area (TPSA) is 24.9 Å². The fourth-order valence-corrected chi connectivity index (χ4v) is 2.67. The van der Waals surface area contributed by atoms with Crippen LogP contribution in [-0.4, -0.2) is 11.0 Å². The molecule has 0 aliphatic heterocycles. The van der Waals surface area contributed by atoms with Gasteiger partial charge in [-0.3, -0.25) is 4.98 Å². The second kappa shape index (κ2) is 4.54. The summed E-state index contributed by atoms with van der Waals surface area (Å²) in [6, 6.07) is 5.19. The molecule has 1 aliphatic rings. The first kappa shape index (κ1) is 11.6. The maximum atomic E-state index is 4.18. The maximum Gasteiger partial charge on any atom is 0.0315 e. The lowest BCUT2D eigenvalue weighted by molar-refractivity contribution is 0.266. The largest absolute Gasteiger partial charge is 0.307 e. The monoisotopic (exact) mass is 218 g/mol. The van der Waals surface area contributed by atoms with Gasteiger partial charge < -0.3 is 5.32 Å². The van der Waals surface area contributed by atoms with E-state index >= 15 is 0 Å². The summed E-state index contributed by atoms with van der Waals surface area (Å²) in [5, 5.41) is 3.75. The number of nitrogens with zero attached hydrogens (tertiary/aromatic N) is 1. The summed E-state index contributed by atoms with van der Waals surface area (Å²) in [7, 11) is 0. The molecule has 0 aromatic carbocycles.